The number of aryl methyl sites for hydroxylation is 1. The van der Waals surface area contributed by atoms with E-state index < -0.39 is 0 Å². The largest absolute Gasteiger partial charge is 0.340 e. The van der Waals surface area contributed by atoms with Crippen LogP contribution < -0.4 is 5.56 Å². The van der Waals surface area contributed by atoms with E-state index in [9.17, 15) is 9.59 Å². The average Bonchev–Trinajstić information content (AvgIpc) is 2.97. The molecule has 0 aliphatic carbocycles. The van der Waals surface area contributed by atoms with Gasteiger partial charge in [0, 0.05) is 36.5 Å². The molecule has 1 fully saturated rings. The number of thioether (sulfide) groups is 1. The third kappa shape index (κ3) is 3.32. The number of carbonyl (C=O) groups is 1. The minimum absolute atomic E-state index is 0.0136. The Morgan fingerprint density at radius 1 is 1.35 bits per heavy atom. The molecule has 0 radical (unpaired) electrons. The van der Waals surface area contributed by atoms with E-state index in [0.717, 1.165) is 48.8 Å². The summed E-state index contributed by atoms with van der Waals surface area (Å²) in [6, 6.07) is 1.94. The molecular formula is C17H25N3O2S. The first kappa shape index (κ1) is 16.6. The summed E-state index contributed by atoms with van der Waals surface area (Å²) < 4.78 is 1.73. The van der Waals surface area contributed by atoms with Crippen molar-refractivity contribution in [1.82, 2.24) is 14.5 Å². The summed E-state index contributed by atoms with van der Waals surface area (Å²) in [6.07, 6.45) is 5.62. The lowest BCUT2D eigenvalue weighted by molar-refractivity contribution is -0.135. The second-order valence-electron chi connectivity index (χ2n) is 6.41. The summed E-state index contributed by atoms with van der Waals surface area (Å²) in [5.74, 6) is 0.965. The van der Waals surface area contributed by atoms with E-state index in [1.807, 2.05) is 11.8 Å². The van der Waals surface area contributed by atoms with Crippen molar-refractivity contribution in [2.75, 3.05) is 12.3 Å². The first-order chi connectivity index (χ1) is 11.1. The molecule has 5 nitrogen and oxygen atoms in total. The van der Waals surface area contributed by atoms with Crippen molar-refractivity contribution in [2.45, 2.75) is 69.6 Å². The number of nitrogens with zero attached hydrogens (tertiary/aromatic N) is 3. The predicted molar refractivity (Wildman–Crippen MR) is 91.9 cm³/mol. The minimum Gasteiger partial charge on any atom is -0.340 e. The van der Waals surface area contributed by atoms with Gasteiger partial charge in [0.05, 0.1) is 6.04 Å². The van der Waals surface area contributed by atoms with Crippen LogP contribution in [0.5, 0.6) is 0 Å². The Morgan fingerprint density at radius 3 is 2.91 bits per heavy atom. The Kier molecular flexibility index (Phi) is 5.09. The zero-order valence-electron chi connectivity index (χ0n) is 14.0. The maximum atomic E-state index is 12.7. The number of fused-ring (bicyclic) bond motifs is 1. The fraction of sp³-hybridized carbons (Fsp3) is 0.706. The molecule has 0 saturated carbocycles. The fourth-order valence-electron chi connectivity index (χ4n) is 3.60. The molecule has 2 aliphatic rings. The molecule has 3 heterocycles. The Hall–Kier alpha value is -1.30. The van der Waals surface area contributed by atoms with Crippen molar-refractivity contribution >= 4 is 17.7 Å². The van der Waals surface area contributed by atoms with E-state index in [1.54, 1.807) is 22.4 Å². The number of likely N-dealkylation sites (tertiary alicyclic amines) is 1. The van der Waals surface area contributed by atoms with E-state index in [2.05, 4.69) is 11.9 Å². The molecule has 6 heteroatoms. The lowest BCUT2D eigenvalue weighted by Gasteiger charge is -2.36. The Labute approximate surface area is 141 Å². The summed E-state index contributed by atoms with van der Waals surface area (Å²) in [7, 11) is 0. The van der Waals surface area contributed by atoms with Gasteiger partial charge in [-0.05, 0) is 32.1 Å². The second-order valence-corrected chi connectivity index (χ2v) is 7.39. The summed E-state index contributed by atoms with van der Waals surface area (Å²) >= 11 is 1.60. The van der Waals surface area contributed by atoms with E-state index in [-0.39, 0.29) is 17.5 Å². The quantitative estimate of drug-likeness (QED) is 0.794. The molecule has 3 rings (SSSR count). The number of amides is 1. The number of hydrogen-bond acceptors (Lipinski definition) is 4. The van der Waals surface area contributed by atoms with Gasteiger partial charge in [-0.2, -0.15) is 0 Å². The maximum Gasteiger partial charge on any atom is 0.254 e. The molecule has 0 spiro atoms. The molecule has 0 N–H and O–H groups in total. The van der Waals surface area contributed by atoms with Crippen LogP contribution in [0.1, 0.15) is 57.7 Å². The van der Waals surface area contributed by atoms with Crippen LogP contribution in [-0.2, 0) is 11.2 Å². The van der Waals surface area contributed by atoms with E-state index >= 15 is 0 Å². The molecule has 23 heavy (non-hydrogen) atoms. The zero-order valence-corrected chi connectivity index (χ0v) is 14.8. The van der Waals surface area contributed by atoms with Gasteiger partial charge in [-0.1, -0.05) is 25.6 Å². The highest BCUT2D eigenvalue weighted by Gasteiger charge is 2.31. The highest BCUT2D eigenvalue weighted by Crippen LogP contribution is 2.33. The number of aromatic nitrogens is 2. The topological polar surface area (TPSA) is 55.2 Å². The number of rotatable bonds is 4. The lowest BCUT2D eigenvalue weighted by Crippen LogP contribution is -2.44. The molecule has 1 aromatic rings. The van der Waals surface area contributed by atoms with Crippen LogP contribution in [0, 0.1) is 0 Å². The molecule has 2 atom stereocenters. The van der Waals surface area contributed by atoms with Crippen LogP contribution in [0.25, 0.3) is 0 Å². The van der Waals surface area contributed by atoms with Gasteiger partial charge in [0.1, 0.15) is 0 Å². The van der Waals surface area contributed by atoms with Gasteiger partial charge < -0.3 is 4.90 Å². The van der Waals surface area contributed by atoms with Crippen molar-refractivity contribution in [3.8, 4) is 0 Å². The van der Waals surface area contributed by atoms with Crippen LogP contribution in [-0.4, -0.2) is 38.7 Å². The van der Waals surface area contributed by atoms with Gasteiger partial charge in [0.2, 0.25) is 5.91 Å². The van der Waals surface area contributed by atoms with Crippen LogP contribution in [0.3, 0.4) is 0 Å². The lowest BCUT2D eigenvalue weighted by atomic mass is 9.99. The average molecular weight is 335 g/mol. The number of piperidine rings is 1. The molecule has 2 aliphatic heterocycles. The van der Waals surface area contributed by atoms with Gasteiger partial charge >= 0.3 is 0 Å². The third-order valence-corrected chi connectivity index (χ3v) is 6.03. The van der Waals surface area contributed by atoms with Crippen molar-refractivity contribution in [3.63, 3.8) is 0 Å². The van der Waals surface area contributed by atoms with E-state index in [1.165, 1.54) is 6.42 Å². The van der Waals surface area contributed by atoms with Crippen molar-refractivity contribution in [2.24, 2.45) is 0 Å². The van der Waals surface area contributed by atoms with Gasteiger partial charge in [-0.25, -0.2) is 4.98 Å². The summed E-state index contributed by atoms with van der Waals surface area (Å²) in [4.78, 5) is 31.7. The van der Waals surface area contributed by atoms with Crippen molar-refractivity contribution in [1.29, 1.82) is 0 Å². The molecule has 1 saturated heterocycles. The van der Waals surface area contributed by atoms with Crippen LogP contribution in [0.4, 0.5) is 0 Å². The van der Waals surface area contributed by atoms with E-state index in [0.29, 0.717) is 12.5 Å². The molecule has 126 valence electrons. The number of hydrogen-bond donors (Lipinski definition) is 0. The molecular weight excluding hydrogens is 310 g/mol. The normalized spacial score (nSPS) is 23.8. The first-order valence-corrected chi connectivity index (χ1v) is 9.67. The molecule has 1 aromatic heterocycles. The van der Waals surface area contributed by atoms with Gasteiger partial charge in [0.15, 0.2) is 5.16 Å². The third-order valence-electron chi connectivity index (χ3n) is 4.93. The van der Waals surface area contributed by atoms with E-state index in [4.69, 9.17) is 0 Å². The zero-order chi connectivity index (χ0) is 16.4. The maximum absolute atomic E-state index is 12.7. The van der Waals surface area contributed by atoms with Crippen LogP contribution >= 0.6 is 11.8 Å². The van der Waals surface area contributed by atoms with Crippen molar-refractivity contribution in [3.05, 3.63) is 22.1 Å². The van der Waals surface area contributed by atoms with Gasteiger partial charge in [-0.15, -0.1) is 0 Å². The minimum atomic E-state index is -0.0483. The highest BCUT2D eigenvalue weighted by molar-refractivity contribution is 7.99. The Bertz CT molecular complexity index is 643. The molecule has 1 amide bonds. The van der Waals surface area contributed by atoms with Gasteiger partial charge in [-0.3, -0.25) is 14.2 Å². The van der Waals surface area contributed by atoms with Crippen LogP contribution in [0.15, 0.2) is 16.0 Å². The fourth-order valence-corrected chi connectivity index (χ4v) is 4.77. The second kappa shape index (κ2) is 7.07. The van der Waals surface area contributed by atoms with Crippen molar-refractivity contribution < 1.29 is 4.79 Å². The summed E-state index contributed by atoms with van der Waals surface area (Å²) in [5.41, 5.74) is 0.822. The monoisotopic (exact) mass is 335 g/mol. The number of carbonyl (C=O) groups excluding carboxylic acids is 1. The SMILES string of the molecule is CCc1cc(=O)n2c(n1)SCC2CC(=O)N1CCCCC1CC. The highest BCUT2D eigenvalue weighted by atomic mass is 32.2. The predicted octanol–water partition coefficient (Wildman–Crippen LogP) is 2.63. The molecule has 0 aromatic carbocycles. The smallest absolute Gasteiger partial charge is 0.254 e. The Morgan fingerprint density at radius 2 is 2.17 bits per heavy atom. The standard InChI is InChI=1S/C17H25N3O2S/c1-3-12-9-16(22)20-14(11-23-17(20)18-12)10-15(21)19-8-6-5-7-13(19)4-2/h9,13-14H,3-8,10-11H2,1-2H3. The summed E-state index contributed by atoms with van der Waals surface area (Å²) in [6.45, 7) is 5.02. The van der Waals surface area contributed by atoms with Gasteiger partial charge in [0.25, 0.3) is 5.56 Å². The Balaban J connectivity index is 1.76. The van der Waals surface area contributed by atoms with Crippen LogP contribution in [0.2, 0.25) is 0 Å². The first-order valence-electron chi connectivity index (χ1n) is 8.68. The molecule has 0 bridgehead atoms. The molecule has 2 unspecified atom stereocenters. The summed E-state index contributed by atoms with van der Waals surface area (Å²) in [5, 5.41) is 0.776.